The van der Waals surface area contributed by atoms with E-state index in [0.29, 0.717) is 13.1 Å². The molecule has 0 atom stereocenters. The van der Waals surface area contributed by atoms with Crippen LogP contribution in [-0.2, 0) is 0 Å². The standard InChI is InChI=1S/C15H13ClFN5OS/c16-10-2-1-3-11(17)12(10)14(23)21-6-4-9(5-7-21)13-20-22-8-18-19-15(22)24-13/h1-3,8-9H,4-7H2. The highest BCUT2D eigenvalue weighted by molar-refractivity contribution is 7.16. The third-order valence-corrected chi connectivity index (χ3v) is 5.60. The third-order valence-electron chi connectivity index (χ3n) is 4.21. The van der Waals surface area contributed by atoms with Crippen molar-refractivity contribution in [2.45, 2.75) is 18.8 Å². The summed E-state index contributed by atoms with van der Waals surface area (Å²) >= 11 is 7.50. The zero-order valence-electron chi connectivity index (χ0n) is 12.5. The van der Waals surface area contributed by atoms with Crippen LogP contribution in [0.3, 0.4) is 0 Å². The van der Waals surface area contributed by atoms with E-state index >= 15 is 0 Å². The van der Waals surface area contributed by atoms with Gasteiger partial charge in [-0.3, -0.25) is 4.79 Å². The van der Waals surface area contributed by atoms with Crippen LogP contribution in [0.4, 0.5) is 4.39 Å². The molecule has 1 aromatic carbocycles. The minimum atomic E-state index is -0.580. The molecule has 0 unspecified atom stereocenters. The van der Waals surface area contributed by atoms with Gasteiger partial charge in [0.2, 0.25) is 4.96 Å². The normalized spacial score (nSPS) is 16.0. The Morgan fingerprint density at radius 2 is 2.12 bits per heavy atom. The van der Waals surface area contributed by atoms with Gasteiger partial charge in [-0.2, -0.15) is 9.61 Å². The van der Waals surface area contributed by atoms with Crippen LogP contribution < -0.4 is 0 Å². The molecule has 1 fully saturated rings. The van der Waals surface area contributed by atoms with Gasteiger partial charge in [-0.25, -0.2) is 4.39 Å². The summed E-state index contributed by atoms with van der Waals surface area (Å²) in [7, 11) is 0. The van der Waals surface area contributed by atoms with Gasteiger partial charge in [-0.15, -0.1) is 10.2 Å². The van der Waals surface area contributed by atoms with E-state index in [1.165, 1.54) is 29.5 Å². The van der Waals surface area contributed by atoms with Crippen LogP contribution in [-0.4, -0.2) is 43.7 Å². The highest BCUT2D eigenvalue weighted by atomic mass is 35.5. The Balaban J connectivity index is 1.47. The van der Waals surface area contributed by atoms with Gasteiger partial charge in [0.05, 0.1) is 10.6 Å². The Kier molecular flexibility index (Phi) is 3.93. The van der Waals surface area contributed by atoms with Gasteiger partial charge < -0.3 is 4.90 Å². The Hall–Kier alpha value is -2.06. The number of hydrogen-bond acceptors (Lipinski definition) is 5. The van der Waals surface area contributed by atoms with Crippen LogP contribution in [0.5, 0.6) is 0 Å². The van der Waals surface area contributed by atoms with Crippen molar-refractivity contribution in [1.82, 2.24) is 24.7 Å². The number of benzene rings is 1. The molecular formula is C15H13ClFN5OS. The molecule has 0 aliphatic carbocycles. The van der Waals surface area contributed by atoms with Crippen molar-refractivity contribution in [1.29, 1.82) is 0 Å². The van der Waals surface area contributed by atoms with Crippen molar-refractivity contribution >= 4 is 33.8 Å². The molecule has 2 aromatic heterocycles. The van der Waals surface area contributed by atoms with Gasteiger partial charge in [0, 0.05) is 19.0 Å². The molecule has 4 rings (SSSR count). The summed E-state index contributed by atoms with van der Waals surface area (Å²) in [6.45, 7) is 1.10. The van der Waals surface area contributed by atoms with Gasteiger partial charge in [-0.1, -0.05) is 29.0 Å². The van der Waals surface area contributed by atoms with E-state index in [0.717, 1.165) is 22.8 Å². The van der Waals surface area contributed by atoms with E-state index in [-0.39, 0.29) is 22.4 Å². The monoisotopic (exact) mass is 365 g/mol. The Morgan fingerprint density at radius 1 is 1.33 bits per heavy atom. The molecule has 6 nitrogen and oxygen atoms in total. The number of carbonyl (C=O) groups is 1. The average Bonchev–Trinajstić information content (AvgIpc) is 3.16. The summed E-state index contributed by atoms with van der Waals surface area (Å²) in [5.41, 5.74) is -0.0450. The van der Waals surface area contributed by atoms with Gasteiger partial charge in [0.1, 0.15) is 17.2 Å². The number of nitrogens with zero attached hydrogens (tertiary/aromatic N) is 5. The van der Waals surface area contributed by atoms with E-state index in [9.17, 15) is 9.18 Å². The maximum absolute atomic E-state index is 13.9. The quantitative estimate of drug-likeness (QED) is 0.700. The van der Waals surface area contributed by atoms with E-state index < -0.39 is 5.82 Å². The van der Waals surface area contributed by atoms with Crippen LogP contribution in [0.15, 0.2) is 24.5 Å². The molecule has 0 saturated carbocycles. The van der Waals surface area contributed by atoms with Crippen molar-refractivity contribution in [3.05, 3.63) is 45.9 Å². The number of hydrogen-bond donors (Lipinski definition) is 0. The SMILES string of the molecule is O=C(c1c(F)cccc1Cl)N1CCC(c2nn3cnnc3s2)CC1. The first-order chi connectivity index (χ1) is 11.6. The van der Waals surface area contributed by atoms with Crippen molar-refractivity contribution < 1.29 is 9.18 Å². The Bertz CT molecular complexity index is 854. The molecule has 9 heteroatoms. The molecular weight excluding hydrogens is 353 g/mol. The summed E-state index contributed by atoms with van der Waals surface area (Å²) in [6, 6.07) is 4.28. The molecule has 0 N–H and O–H groups in total. The highest BCUT2D eigenvalue weighted by Crippen LogP contribution is 2.32. The molecule has 3 heterocycles. The maximum Gasteiger partial charge on any atom is 0.258 e. The molecule has 0 bridgehead atoms. The number of likely N-dealkylation sites (tertiary alicyclic amines) is 1. The smallest absolute Gasteiger partial charge is 0.258 e. The summed E-state index contributed by atoms with van der Waals surface area (Å²) in [6.07, 6.45) is 3.14. The lowest BCUT2D eigenvalue weighted by atomic mass is 9.97. The molecule has 1 amide bonds. The lowest BCUT2D eigenvalue weighted by Crippen LogP contribution is -2.38. The van der Waals surface area contributed by atoms with Crippen molar-refractivity contribution in [2.24, 2.45) is 0 Å². The molecule has 0 radical (unpaired) electrons. The number of amides is 1. The van der Waals surface area contributed by atoms with Gasteiger partial charge in [0.25, 0.3) is 5.91 Å². The van der Waals surface area contributed by atoms with Gasteiger partial charge in [0.15, 0.2) is 0 Å². The lowest BCUT2D eigenvalue weighted by molar-refractivity contribution is 0.0708. The summed E-state index contributed by atoms with van der Waals surface area (Å²) < 4.78 is 15.6. The fourth-order valence-electron chi connectivity index (χ4n) is 2.93. The van der Waals surface area contributed by atoms with Crippen LogP contribution >= 0.6 is 22.9 Å². The van der Waals surface area contributed by atoms with E-state index in [1.54, 1.807) is 15.7 Å². The first kappa shape index (κ1) is 15.5. The zero-order valence-corrected chi connectivity index (χ0v) is 14.1. The molecule has 24 heavy (non-hydrogen) atoms. The number of piperidine rings is 1. The largest absolute Gasteiger partial charge is 0.338 e. The highest BCUT2D eigenvalue weighted by Gasteiger charge is 2.29. The number of halogens is 2. The Labute approximate surface area is 145 Å². The predicted octanol–water partition coefficient (Wildman–Crippen LogP) is 3.00. The van der Waals surface area contributed by atoms with Gasteiger partial charge >= 0.3 is 0 Å². The summed E-state index contributed by atoms with van der Waals surface area (Å²) in [4.78, 5) is 15.0. The van der Waals surface area contributed by atoms with Crippen LogP contribution in [0, 0.1) is 5.82 Å². The van der Waals surface area contributed by atoms with Crippen LogP contribution in [0.2, 0.25) is 5.02 Å². The third kappa shape index (κ3) is 2.65. The molecule has 3 aromatic rings. The van der Waals surface area contributed by atoms with Gasteiger partial charge in [-0.05, 0) is 25.0 Å². The number of rotatable bonds is 2. The zero-order chi connectivity index (χ0) is 16.7. The molecule has 0 spiro atoms. The van der Waals surface area contributed by atoms with E-state index in [1.807, 2.05) is 0 Å². The topological polar surface area (TPSA) is 63.4 Å². The van der Waals surface area contributed by atoms with Crippen molar-refractivity contribution in [2.75, 3.05) is 13.1 Å². The molecule has 1 saturated heterocycles. The molecule has 1 aliphatic rings. The number of aromatic nitrogens is 4. The minimum absolute atomic E-state index is 0.0450. The summed E-state index contributed by atoms with van der Waals surface area (Å²) in [5.74, 6) is -0.658. The van der Waals surface area contributed by atoms with E-state index in [4.69, 9.17) is 11.6 Å². The van der Waals surface area contributed by atoms with Crippen LogP contribution in [0.25, 0.3) is 4.96 Å². The number of fused-ring (bicyclic) bond motifs is 1. The first-order valence-corrected chi connectivity index (χ1v) is 8.73. The van der Waals surface area contributed by atoms with Crippen molar-refractivity contribution in [3.63, 3.8) is 0 Å². The number of carbonyl (C=O) groups excluding carboxylic acids is 1. The second-order valence-corrected chi connectivity index (χ2v) is 7.06. The summed E-state index contributed by atoms with van der Waals surface area (Å²) in [5, 5.41) is 13.4. The fraction of sp³-hybridized carbons (Fsp3) is 0.333. The van der Waals surface area contributed by atoms with E-state index in [2.05, 4.69) is 15.3 Å². The predicted molar refractivity (Wildman–Crippen MR) is 87.9 cm³/mol. The Morgan fingerprint density at radius 3 is 2.83 bits per heavy atom. The second kappa shape index (κ2) is 6.10. The first-order valence-electron chi connectivity index (χ1n) is 7.53. The fourth-order valence-corrected chi connectivity index (χ4v) is 4.16. The lowest BCUT2D eigenvalue weighted by Gasteiger charge is -2.31. The second-order valence-electron chi connectivity index (χ2n) is 5.66. The van der Waals surface area contributed by atoms with Crippen LogP contribution in [0.1, 0.15) is 34.1 Å². The minimum Gasteiger partial charge on any atom is -0.338 e. The average molecular weight is 366 g/mol. The maximum atomic E-state index is 13.9. The molecule has 1 aliphatic heterocycles. The molecule has 124 valence electrons. The van der Waals surface area contributed by atoms with Crippen molar-refractivity contribution in [3.8, 4) is 0 Å².